The molecule has 1 aliphatic heterocycles. The molecule has 3 amide bonds. The third-order valence-corrected chi connectivity index (χ3v) is 7.67. The maximum atomic E-state index is 13.7. The van der Waals surface area contributed by atoms with E-state index in [1.54, 1.807) is 41.3 Å². The Bertz CT molecular complexity index is 1710. The van der Waals surface area contributed by atoms with Crippen molar-refractivity contribution in [2.24, 2.45) is 11.7 Å². The van der Waals surface area contributed by atoms with Crippen molar-refractivity contribution in [2.75, 3.05) is 5.32 Å². The van der Waals surface area contributed by atoms with Crippen molar-refractivity contribution >= 4 is 46.0 Å². The first-order valence-corrected chi connectivity index (χ1v) is 13.0. The number of carbonyl (C=O) groups excluding carboxylic acids is 3. The highest BCUT2D eigenvalue weighted by Gasteiger charge is 2.51. The van der Waals surface area contributed by atoms with E-state index in [1.165, 1.54) is 17.1 Å². The molecular formula is C27H22ClN9O3. The number of nitrogens with two attached hydrogens (primary N) is 1. The molecule has 1 saturated heterocycles. The summed E-state index contributed by atoms with van der Waals surface area (Å²) in [7, 11) is 0. The van der Waals surface area contributed by atoms with E-state index in [0.29, 0.717) is 27.8 Å². The minimum Gasteiger partial charge on any atom is -0.364 e. The highest BCUT2D eigenvalue weighted by atomic mass is 35.5. The Morgan fingerprint density at radius 1 is 1.12 bits per heavy atom. The molecule has 4 aromatic rings. The molecule has 2 bridgehead atoms. The number of rotatable bonds is 6. The van der Waals surface area contributed by atoms with Crippen molar-refractivity contribution < 1.29 is 14.4 Å². The molecule has 0 unspecified atom stereocenters. The van der Waals surface area contributed by atoms with E-state index in [2.05, 4.69) is 25.4 Å². The van der Waals surface area contributed by atoms with Crippen LogP contribution in [0.2, 0.25) is 5.15 Å². The lowest BCUT2D eigenvalue weighted by molar-refractivity contribution is -0.141. The van der Waals surface area contributed by atoms with Crippen molar-refractivity contribution in [1.82, 2.24) is 29.6 Å². The largest absolute Gasteiger partial charge is 0.364 e. The normalized spacial score (nSPS) is 19.5. The van der Waals surface area contributed by atoms with Crippen LogP contribution < -0.4 is 11.1 Å². The third kappa shape index (κ3) is 4.50. The summed E-state index contributed by atoms with van der Waals surface area (Å²) in [4.78, 5) is 53.0. The van der Waals surface area contributed by atoms with Gasteiger partial charge in [0.2, 0.25) is 17.6 Å². The van der Waals surface area contributed by atoms with Crippen molar-refractivity contribution in [3.05, 3.63) is 65.5 Å². The summed E-state index contributed by atoms with van der Waals surface area (Å²) in [5.74, 6) is -0.929. The third-order valence-electron chi connectivity index (χ3n) is 7.46. The molecule has 3 atom stereocenters. The van der Waals surface area contributed by atoms with E-state index in [-0.39, 0.29) is 47.0 Å². The van der Waals surface area contributed by atoms with Crippen LogP contribution in [0.3, 0.4) is 0 Å². The van der Waals surface area contributed by atoms with Gasteiger partial charge in [0.15, 0.2) is 5.69 Å². The molecule has 1 saturated carbocycles. The number of nitriles is 1. The Morgan fingerprint density at radius 2 is 1.93 bits per heavy atom. The molecule has 1 aliphatic carbocycles. The molecule has 3 aromatic heterocycles. The van der Waals surface area contributed by atoms with Gasteiger partial charge in [0, 0.05) is 29.4 Å². The summed E-state index contributed by atoms with van der Waals surface area (Å²) in [5.41, 5.74) is 7.51. The number of carbonyl (C=O) groups is 3. The lowest BCUT2D eigenvalue weighted by Crippen LogP contribution is -2.52. The van der Waals surface area contributed by atoms with Crippen LogP contribution in [0.25, 0.3) is 22.0 Å². The predicted octanol–water partition coefficient (Wildman–Crippen LogP) is 2.53. The molecule has 4 heterocycles. The second kappa shape index (κ2) is 10.0. The number of amides is 3. The van der Waals surface area contributed by atoms with Crippen molar-refractivity contribution in [1.29, 1.82) is 5.26 Å². The van der Waals surface area contributed by atoms with Crippen LogP contribution in [0.1, 0.15) is 35.6 Å². The number of benzene rings is 1. The molecule has 12 nitrogen and oxygen atoms in total. The smallest absolute Gasteiger partial charge is 0.269 e. The van der Waals surface area contributed by atoms with Gasteiger partial charge in [-0.3, -0.25) is 19.1 Å². The molecule has 200 valence electrons. The minimum absolute atomic E-state index is 0.0171. The zero-order chi connectivity index (χ0) is 28.0. The Hall–Kier alpha value is -4.89. The summed E-state index contributed by atoms with van der Waals surface area (Å²) in [6.07, 6.45) is 5.44. The Balaban J connectivity index is 1.28. The van der Waals surface area contributed by atoms with Crippen molar-refractivity contribution in [2.45, 2.75) is 37.9 Å². The van der Waals surface area contributed by atoms with Gasteiger partial charge in [-0.05, 0) is 55.0 Å². The van der Waals surface area contributed by atoms with Gasteiger partial charge in [0.25, 0.3) is 5.91 Å². The maximum absolute atomic E-state index is 13.7. The van der Waals surface area contributed by atoms with Gasteiger partial charge in [-0.15, -0.1) is 0 Å². The van der Waals surface area contributed by atoms with Gasteiger partial charge in [-0.1, -0.05) is 23.7 Å². The SMILES string of the molecule is N#Cc1ncc(-c2ccc3c(c2)c(C(N)=O)nn3CC(=O)N2[C@@H]3CC[C@@H](C3)[C@H]2C(=O)Nc2cccc(Cl)n2)cn1. The Kier molecular flexibility index (Phi) is 6.36. The van der Waals surface area contributed by atoms with Crippen LogP contribution >= 0.6 is 11.6 Å². The van der Waals surface area contributed by atoms with Crippen LogP contribution in [0.5, 0.6) is 0 Å². The average molecular weight is 556 g/mol. The maximum Gasteiger partial charge on any atom is 0.269 e. The zero-order valence-corrected chi connectivity index (χ0v) is 21.7. The number of aromatic nitrogens is 5. The number of hydrogen-bond acceptors (Lipinski definition) is 8. The van der Waals surface area contributed by atoms with E-state index in [0.717, 1.165) is 19.3 Å². The van der Waals surface area contributed by atoms with Gasteiger partial charge in [0.05, 0.1) is 5.52 Å². The molecule has 1 aromatic carbocycles. The number of nitrogens with zero attached hydrogens (tertiary/aromatic N) is 7. The summed E-state index contributed by atoms with van der Waals surface area (Å²) in [6.45, 7) is -0.175. The molecule has 3 N–H and O–H groups in total. The molecule has 2 aliphatic rings. The number of anilines is 1. The second-order valence-electron chi connectivity index (χ2n) is 9.82. The monoisotopic (exact) mass is 555 g/mol. The first-order valence-electron chi connectivity index (χ1n) is 12.6. The zero-order valence-electron chi connectivity index (χ0n) is 21.0. The number of nitrogens with one attached hydrogen (secondary N) is 1. The Labute approximate surface area is 232 Å². The van der Waals surface area contributed by atoms with Gasteiger partial charge >= 0.3 is 0 Å². The van der Waals surface area contributed by atoms with Gasteiger partial charge in [-0.2, -0.15) is 10.4 Å². The van der Waals surface area contributed by atoms with E-state index in [4.69, 9.17) is 22.6 Å². The first-order chi connectivity index (χ1) is 19.3. The topological polar surface area (TPSA) is 173 Å². The summed E-state index contributed by atoms with van der Waals surface area (Å²) >= 11 is 5.96. The van der Waals surface area contributed by atoms with E-state index >= 15 is 0 Å². The highest BCUT2D eigenvalue weighted by molar-refractivity contribution is 6.29. The van der Waals surface area contributed by atoms with Crippen LogP contribution in [0.15, 0.2) is 48.8 Å². The number of piperidine rings is 1. The van der Waals surface area contributed by atoms with Crippen LogP contribution in [0, 0.1) is 17.2 Å². The summed E-state index contributed by atoms with van der Waals surface area (Å²) in [6, 6.07) is 11.4. The fourth-order valence-corrected chi connectivity index (χ4v) is 5.93. The fraction of sp³-hybridized carbons (Fsp3) is 0.259. The summed E-state index contributed by atoms with van der Waals surface area (Å²) < 4.78 is 1.44. The lowest BCUT2D eigenvalue weighted by atomic mass is 9.97. The Morgan fingerprint density at radius 3 is 2.65 bits per heavy atom. The van der Waals surface area contributed by atoms with Crippen LogP contribution in [-0.4, -0.2) is 59.4 Å². The fourth-order valence-electron chi connectivity index (χ4n) is 5.77. The van der Waals surface area contributed by atoms with Gasteiger partial charge in [0.1, 0.15) is 29.6 Å². The first kappa shape index (κ1) is 25.4. The van der Waals surface area contributed by atoms with Gasteiger partial charge in [-0.25, -0.2) is 15.0 Å². The standard InChI is InChI=1S/C27H22ClN9O3/c28-20-2-1-3-21(33-20)34-27(40)25-15-4-6-17(8-15)37(25)23(38)13-36-19-7-5-14(9-18(19)24(35-36)26(30)39)16-11-31-22(10-29)32-12-16/h1-3,5,7,9,11-12,15,17,25H,4,6,8,13H2,(H2,30,39)(H,33,34,40)/t15-,17+,25-/m0/s1. The number of fused-ring (bicyclic) bond motifs is 3. The number of pyridine rings is 1. The molecule has 0 radical (unpaired) electrons. The van der Waals surface area contributed by atoms with Crippen molar-refractivity contribution in [3.63, 3.8) is 0 Å². The number of hydrogen-bond donors (Lipinski definition) is 2. The number of primary amides is 1. The van der Waals surface area contributed by atoms with E-state index in [1.807, 2.05) is 6.07 Å². The second-order valence-corrected chi connectivity index (χ2v) is 10.2. The van der Waals surface area contributed by atoms with E-state index in [9.17, 15) is 14.4 Å². The average Bonchev–Trinajstić information content (AvgIpc) is 3.66. The van der Waals surface area contributed by atoms with Crippen molar-refractivity contribution in [3.8, 4) is 17.2 Å². The summed E-state index contributed by atoms with van der Waals surface area (Å²) in [5, 5.41) is 16.8. The van der Waals surface area contributed by atoms with Gasteiger partial charge < -0.3 is 16.0 Å². The quantitative estimate of drug-likeness (QED) is 0.341. The predicted molar refractivity (Wildman–Crippen MR) is 144 cm³/mol. The molecule has 13 heteroatoms. The highest BCUT2D eigenvalue weighted by Crippen LogP contribution is 2.43. The molecular weight excluding hydrogens is 534 g/mol. The molecule has 0 spiro atoms. The number of likely N-dealkylation sites (tertiary alicyclic amines) is 1. The molecule has 40 heavy (non-hydrogen) atoms. The lowest BCUT2D eigenvalue weighted by Gasteiger charge is -2.34. The van der Waals surface area contributed by atoms with Crippen LogP contribution in [-0.2, 0) is 16.1 Å². The molecule has 2 fully saturated rings. The number of halogens is 1. The van der Waals surface area contributed by atoms with E-state index < -0.39 is 11.9 Å². The minimum atomic E-state index is -0.740. The molecule has 6 rings (SSSR count). The van der Waals surface area contributed by atoms with Crippen LogP contribution in [0.4, 0.5) is 5.82 Å².